The first-order valence-corrected chi connectivity index (χ1v) is 11.1. The van der Waals surface area contributed by atoms with Crippen molar-refractivity contribution in [1.82, 2.24) is 14.9 Å². The Morgan fingerprint density at radius 2 is 1.81 bits per heavy atom. The van der Waals surface area contributed by atoms with E-state index in [1.165, 1.54) is 0 Å². The largest absolute Gasteiger partial charge is 0.348 e. The Hall–Kier alpha value is -3.11. The number of halogens is 1. The quantitative estimate of drug-likeness (QED) is 0.371. The molecule has 1 amide bonds. The van der Waals surface area contributed by atoms with Crippen LogP contribution < -0.4 is 5.32 Å². The van der Waals surface area contributed by atoms with Gasteiger partial charge in [-0.15, -0.1) is 0 Å². The molecule has 31 heavy (non-hydrogen) atoms. The standard InChI is InChI=1S/C26H26ClN3O/c1-2-3-13-25-29-23-15-14-20(26(31)28-17-19-9-5-4-6-10-19)16-24(23)30(25)18-21-11-7-8-12-22(21)27/h4-12,14-16H,2-3,13,17-18H2,1H3,(H,28,31). The van der Waals surface area contributed by atoms with Crippen LogP contribution in [0.2, 0.25) is 5.02 Å². The summed E-state index contributed by atoms with van der Waals surface area (Å²) in [6.07, 6.45) is 3.06. The Morgan fingerprint density at radius 1 is 1.03 bits per heavy atom. The minimum atomic E-state index is -0.0913. The van der Waals surface area contributed by atoms with Crippen LogP contribution in [0.5, 0.6) is 0 Å². The Bertz CT molecular complexity index is 1180. The Labute approximate surface area is 187 Å². The molecule has 1 heterocycles. The van der Waals surface area contributed by atoms with E-state index in [0.29, 0.717) is 18.7 Å². The van der Waals surface area contributed by atoms with Gasteiger partial charge in [-0.1, -0.05) is 73.5 Å². The summed E-state index contributed by atoms with van der Waals surface area (Å²) < 4.78 is 2.19. The molecule has 0 saturated carbocycles. The van der Waals surface area contributed by atoms with Gasteiger partial charge in [0.25, 0.3) is 5.91 Å². The summed E-state index contributed by atoms with van der Waals surface area (Å²) in [6, 6.07) is 23.5. The molecule has 0 spiro atoms. The zero-order valence-electron chi connectivity index (χ0n) is 17.6. The fourth-order valence-corrected chi connectivity index (χ4v) is 3.89. The number of hydrogen-bond donors (Lipinski definition) is 1. The molecular weight excluding hydrogens is 406 g/mol. The van der Waals surface area contributed by atoms with Crippen LogP contribution in [0.3, 0.4) is 0 Å². The minimum absolute atomic E-state index is 0.0913. The number of fused-ring (bicyclic) bond motifs is 1. The molecule has 0 atom stereocenters. The number of nitrogens with zero attached hydrogens (tertiary/aromatic N) is 2. The highest BCUT2D eigenvalue weighted by Crippen LogP contribution is 2.24. The molecule has 0 aliphatic heterocycles. The average Bonchev–Trinajstić information content (AvgIpc) is 3.14. The number of amides is 1. The summed E-state index contributed by atoms with van der Waals surface area (Å²) in [7, 11) is 0. The monoisotopic (exact) mass is 431 g/mol. The van der Waals surface area contributed by atoms with Gasteiger partial charge in [0.05, 0.1) is 17.6 Å². The van der Waals surface area contributed by atoms with E-state index in [4.69, 9.17) is 16.6 Å². The van der Waals surface area contributed by atoms with Gasteiger partial charge in [0.1, 0.15) is 5.82 Å². The summed E-state index contributed by atoms with van der Waals surface area (Å²) in [5.74, 6) is 0.935. The third kappa shape index (κ3) is 4.97. The topological polar surface area (TPSA) is 46.9 Å². The van der Waals surface area contributed by atoms with Crippen molar-refractivity contribution in [3.63, 3.8) is 0 Å². The molecule has 0 bridgehead atoms. The van der Waals surface area contributed by atoms with Crippen molar-refractivity contribution in [1.29, 1.82) is 0 Å². The number of hydrogen-bond acceptors (Lipinski definition) is 2. The lowest BCUT2D eigenvalue weighted by Crippen LogP contribution is -2.22. The van der Waals surface area contributed by atoms with Crippen LogP contribution in [-0.2, 0) is 19.5 Å². The van der Waals surface area contributed by atoms with Gasteiger partial charge in [0.2, 0.25) is 0 Å². The average molecular weight is 432 g/mol. The van der Waals surface area contributed by atoms with Crippen molar-refractivity contribution in [3.05, 3.63) is 100 Å². The van der Waals surface area contributed by atoms with Gasteiger partial charge in [0, 0.05) is 23.6 Å². The summed E-state index contributed by atoms with van der Waals surface area (Å²) in [5, 5.41) is 3.75. The van der Waals surface area contributed by atoms with E-state index >= 15 is 0 Å². The van der Waals surface area contributed by atoms with Crippen LogP contribution in [0.4, 0.5) is 0 Å². The third-order valence-corrected chi connectivity index (χ3v) is 5.79. The molecule has 1 N–H and O–H groups in total. The van der Waals surface area contributed by atoms with E-state index < -0.39 is 0 Å². The van der Waals surface area contributed by atoms with Crippen LogP contribution in [-0.4, -0.2) is 15.5 Å². The highest BCUT2D eigenvalue weighted by Gasteiger charge is 2.15. The first-order valence-electron chi connectivity index (χ1n) is 10.7. The minimum Gasteiger partial charge on any atom is -0.348 e. The van der Waals surface area contributed by atoms with Crippen LogP contribution in [0.25, 0.3) is 11.0 Å². The molecule has 1 aromatic heterocycles. The van der Waals surface area contributed by atoms with E-state index in [1.54, 1.807) is 0 Å². The fourth-order valence-electron chi connectivity index (χ4n) is 3.69. The number of imidazole rings is 1. The highest BCUT2D eigenvalue weighted by atomic mass is 35.5. The Morgan fingerprint density at radius 3 is 2.58 bits per heavy atom. The van der Waals surface area contributed by atoms with Crippen molar-refractivity contribution in [2.75, 3.05) is 0 Å². The zero-order chi connectivity index (χ0) is 21.6. The first-order chi connectivity index (χ1) is 15.2. The molecule has 4 aromatic rings. The third-order valence-electron chi connectivity index (χ3n) is 5.43. The summed E-state index contributed by atoms with van der Waals surface area (Å²) >= 11 is 6.43. The summed E-state index contributed by atoms with van der Waals surface area (Å²) in [5.41, 5.74) is 4.60. The summed E-state index contributed by atoms with van der Waals surface area (Å²) in [6.45, 7) is 3.30. The van der Waals surface area contributed by atoms with Gasteiger partial charge in [0.15, 0.2) is 0 Å². The molecule has 4 rings (SSSR count). The predicted molar refractivity (Wildman–Crippen MR) is 127 cm³/mol. The predicted octanol–water partition coefficient (Wildman–Crippen LogP) is 6.01. The highest BCUT2D eigenvalue weighted by molar-refractivity contribution is 6.31. The van der Waals surface area contributed by atoms with E-state index in [1.807, 2.05) is 72.8 Å². The van der Waals surface area contributed by atoms with Crippen molar-refractivity contribution in [2.24, 2.45) is 0 Å². The SMILES string of the molecule is CCCCc1nc2ccc(C(=O)NCc3ccccc3)cc2n1Cc1ccccc1Cl. The molecule has 3 aromatic carbocycles. The maximum absolute atomic E-state index is 12.8. The molecule has 0 unspecified atom stereocenters. The molecular formula is C26H26ClN3O. The lowest BCUT2D eigenvalue weighted by Gasteiger charge is -2.11. The molecule has 0 aliphatic rings. The van der Waals surface area contributed by atoms with Crippen LogP contribution in [0.15, 0.2) is 72.8 Å². The number of rotatable bonds is 8. The van der Waals surface area contributed by atoms with E-state index in [0.717, 1.165) is 52.3 Å². The molecule has 0 aliphatic carbocycles. The van der Waals surface area contributed by atoms with E-state index in [2.05, 4.69) is 16.8 Å². The Balaban J connectivity index is 1.65. The number of aryl methyl sites for hydroxylation is 1. The molecule has 158 valence electrons. The van der Waals surface area contributed by atoms with Crippen molar-refractivity contribution < 1.29 is 4.79 Å². The second kappa shape index (κ2) is 9.80. The lowest BCUT2D eigenvalue weighted by atomic mass is 10.1. The fraction of sp³-hybridized carbons (Fsp3) is 0.231. The molecule has 0 fully saturated rings. The van der Waals surface area contributed by atoms with Gasteiger partial charge in [-0.25, -0.2) is 4.98 Å². The molecule has 4 nitrogen and oxygen atoms in total. The molecule has 0 saturated heterocycles. The second-order valence-corrected chi connectivity index (χ2v) is 8.09. The number of benzene rings is 3. The van der Waals surface area contributed by atoms with Gasteiger partial charge in [-0.2, -0.15) is 0 Å². The summed E-state index contributed by atoms with van der Waals surface area (Å²) in [4.78, 5) is 17.7. The second-order valence-electron chi connectivity index (χ2n) is 7.68. The van der Waals surface area contributed by atoms with Gasteiger partial charge >= 0.3 is 0 Å². The zero-order valence-corrected chi connectivity index (χ0v) is 18.4. The number of carbonyl (C=O) groups is 1. The van der Waals surface area contributed by atoms with Crippen LogP contribution in [0, 0.1) is 0 Å². The molecule has 5 heteroatoms. The smallest absolute Gasteiger partial charge is 0.251 e. The van der Waals surface area contributed by atoms with Gasteiger partial charge in [-0.3, -0.25) is 4.79 Å². The van der Waals surface area contributed by atoms with Crippen LogP contribution >= 0.6 is 11.6 Å². The lowest BCUT2D eigenvalue weighted by molar-refractivity contribution is 0.0951. The number of aromatic nitrogens is 2. The number of nitrogens with one attached hydrogen (secondary N) is 1. The maximum atomic E-state index is 12.8. The Kier molecular flexibility index (Phi) is 6.68. The van der Waals surface area contributed by atoms with Crippen LogP contribution in [0.1, 0.15) is 47.1 Å². The van der Waals surface area contributed by atoms with Crippen molar-refractivity contribution >= 4 is 28.5 Å². The first kappa shape index (κ1) is 21.1. The normalized spacial score (nSPS) is 11.0. The van der Waals surface area contributed by atoms with E-state index in [-0.39, 0.29) is 5.91 Å². The molecule has 0 radical (unpaired) electrons. The van der Waals surface area contributed by atoms with Crippen molar-refractivity contribution in [3.8, 4) is 0 Å². The number of unbranched alkanes of at least 4 members (excludes halogenated alkanes) is 1. The van der Waals surface area contributed by atoms with Gasteiger partial charge < -0.3 is 9.88 Å². The van der Waals surface area contributed by atoms with E-state index in [9.17, 15) is 4.79 Å². The maximum Gasteiger partial charge on any atom is 0.251 e. The number of carbonyl (C=O) groups excluding carboxylic acids is 1. The van der Waals surface area contributed by atoms with Gasteiger partial charge in [-0.05, 0) is 41.8 Å². The van der Waals surface area contributed by atoms with Crippen molar-refractivity contribution in [2.45, 2.75) is 39.3 Å².